The zero-order chi connectivity index (χ0) is 36.7. The van der Waals surface area contributed by atoms with Crippen LogP contribution < -0.4 is 16.6 Å². The summed E-state index contributed by atoms with van der Waals surface area (Å²) < 4.78 is 10.7. The molecule has 5 heterocycles. The lowest BCUT2D eigenvalue weighted by Gasteiger charge is -2.33. The second kappa shape index (κ2) is 13.5. The molecule has 1 aliphatic heterocycles. The first kappa shape index (κ1) is 34.2. The summed E-state index contributed by atoms with van der Waals surface area (Å²) in [5.74, 6) is -0.0448. The van der Waals surface area contributed by atoms with Gasteiger partial charge in [-0.05, 0) is 82.5 Å². The van der Waals surface area contributed by atoms with E-state index in [1.54, 1.807) is 38.5 Å². The number of carbonyl (C=O) groups is 2. The van der Waals surface area contributed by atoms with Gasteiger partial charge in [0.2, 0.25) is 0 Å². The standard InChI is InChI=1S/C39H41N9O4/c1-24-30(27-21-42-45(5)22-27)19-32(37(50)47(24)29-9-7-6-8-10-29)36(49)44-28-13-11-25(12-14-28)31-20-33(48-34(31)35(40)41-23-43-48)26-15-17-46(18-16-26)38(51)52-39(2,3)4/h6-14,19-23,26H,15-18H2,1-5H3,(H,44,49)(H2,40,41,43). The molecule has 0 atom stereocenters. The maximum absolute atomic E-state index is 13.9. The fraction of sp³-hybridized carbons (Fsp3) is 0.282. The lowest BCUT2D eigenvalue weighted by molar-refractivity contribution is 0.0203. The van der Waals surface area contributed by atoms with E-state index in [9.17, 15) is 14.4 Å². The molecule has 0 unspecified atom stereocenters. The molecule has 266 valence electrons. The fourth-order valence-corrected chi connectivity index (χ4v) is 6.83. The minimum atomic E-state index is -0.554. The summed E-state index contributed by atoms with van der Waals surface area (Å²) in [6.45, 7) is 8.59. The Morgan fingerprint density at radius 1 is 0.942 bits per heavy atom. The second-order valence-corrected chi connectivity index (χ2v) is 14.1. The Balaban J connectivity index is 1.16. The number of piperidine rings is 1. The Morgan fingerprint density at radius 3 is 2.31 bits per heavy atom. The maximum Gasteiger partial charge on any atom is 0.410 e. The van der Waals surface area contributed by atoms with E-state index in [2.05, 4.69) is 26.6 Å². The van der Waals surface area contributed by atoms with Gasteiger partial charge in [-0.15, -0.1) is 0 Å². The molecule has 0 spiro atoms. The fourth-order valence-electron chi connectivity index (χ4n) is 6.83. The summed E-state index contributed by atoms with van der Waals surface area (Å²) in [5, 5.41) is 11.8. The van der Waals surface area contributed by atoms with E-state index >= 15 is 0 Å². The number of fused-ring (bicyclic) bond motifs is 1. The van der Waals surface area contributed by atoms with Gasteiger partial charge in [-0.2, -0.15) is 10.2 Å². The molecule has 7 rings (SSSR count). The lowest BCUT2D eigenvalue weighted by Crippen LogP contribution is -2.41. The number of aromatic nitrogens is 6. The first-order valence-corrected chi connectivity index (χ1v) is 17.2. The number of nitrogens with two attached hydrogens (primary N) is 1. The average molecular weight is 700 g/mol. The van der Waals surface area contributed by atoms with E-state index in [-0.39, 0.29) is 17.6 Å². The van der Waals surface area contributed by atoms with Crippen molar-refractivity contribution in [3.05, 3.63) is 113 Å². The van der Waals surface area contributed by atoms with Crippen LogP contribution in [0.2, 0.25) is 0 Å². The summed E-state index contributed by atoms with van der Waals surface area (Å²) >= 11 is 0. The van der Waals surface area contributed by atoms with Crippen LogP contribution in [0.1, 0.15) is 61.3 Å². The van der Waals surface area contributed by atoms with Crippen LogP contribution in [0.25, 0.3) is 33.5 Å². The van der Waals surface area contributed by atoms with Crippen molar-refractivity contribution in [2.75, 3.05) is 24.1 Å². The van der Waals surface area contributed by atoms with Gasteiger partial charge in [0.15, 0.2) is 5.82 Å². The SMILES string of the molecule is Cc1c(-c2cnn(C)c2)cc(C(=O)Nc2ccc(-c3cc(C4CCN(C(=O)OC(C)(C)C)CC4)n4ncnc(N)c34)cc2)c(=O)n1-c1ccccc1. The van der Waals surface area contributed by atoms with Gasteiger partial charge in [0.25, 0.3) is 11.5 Å². The van der Waals surface area contributed by atoms with Crippen LogP contribution in [0, 0.1) is 6.92 Å². The van der Waals surface area contributed by atoms with Crippen LogP contribution in [0.5, 0.6) is 0 Å². The zero-order valence-corrected chi connectivity index (χ0v) is 29.8. The van der Waals surface area contributed by atoms with Gasteiger partial charge < -0.3 is 20.7 Å². The van der Waals surface area contributed by atoms with Gasteiger partial charge in [-0.25, -0.2) is 14.3 Å². The van der Waals surface area contributed by atoms with E-state index < -0.39 is 17.1 Å². The Morgan fingerprint density at radius 2 is 1.65 bits per heavy atom. The van der Waals surface area contributed by atoms with Gasteiger partial charge in [0, 0.05) is 71.7 Å². The number of hydrogen-bond acceptors (Lipinski definition) is 8. The van der Waals surface area contributed by atoms with Crippen LogP contribution in [0.15, 0.2) is 90.2 Å². The highest BCUT2D eigenvalue weighted by Gasteiger charge is 2.30. The van der Waals surface area contributed by atoms with Crippen LogP contribution >= 0.6 is 0 Å². The topological polar surface area (TPSA) is 155 Å². The van der Waals surface area contributed by atoms with Gasteiger partial charge in [0.05, 0.1) is 6.20 Å². The summed E-state index contributed by atoms with van der Waals surface area (Å²) in [4.78, 5) is 46.4. The molecule has 1 fully saturated rings. The highest BCUT2D eigenvalue weighted by Crippen LogP contribution is 2.37. The number of carbonyl (C=O) groups excluding carboxylic acids is 2. The molecule has 1 aliphatic rings. The third-order valence-corrected chi connectivity index (χ3v) is 9.35. The van der Waals surface area contributed by atoms with Crippen LogP contribution in [-0.4, -0.2) is 64.5 Å². The van der Waals surface area contributed by atoms with Crippen molar-refractivity contribution < 1.29 is 14.3 Å². The smallest absolute Gasteiger partial charge is 0.410 e. The molecule has 2 aromatic carbocycles. The van der Waals surface area contributed by atoms with E-state index in [1.165, 1.54) is 6.33 Å². The molecule has 3 N–H and O–H groups in total. The van der Waals surface area contributed by atoms with Crippen molar-refractivity contribution >= 4 is 29.0 Å². The quantitative estimate of drug-likeness (QED) is 0.208. The Kier molecular flexibility index (Phi) is 8.87. The molecule has 1 saturated heterocycles. The number of hydrogen-bond donors (Lipinski definition) is 2. The third-order valence-electron chi connectivity index (χ3n) is 9.35. The number of para-hydroxylation sites is 1. The first-order chi connectivity index (χ1) is 24.9. The monoisotopic (exact) mass is 699 g/mol. The number of ether oxygens (including phenoxy) is 1. The molecule has 0 radical (unpaired) electrons. The molecule has 0 aliphatic carbocycles. The number of aryl methyl sites for hydroxylation is 1. The largest absolute Gasteiger partial charge is 0.444 e. The van der Waals surface area contributed by atoms with E-state index in [0.29, 0.717) is 41.5 Å². The molecule has 2 amide bonds. The number of nitrogen functional groups attached to an aromatic ring is 1. The molecular weight excluding hydrogens is 658 g/mol. The summed E-state index contributed by atoms with van der Waals surface area (Å²) in [7, 11) is 1.82. The van der Waals surface area contributed by atoms with Crippen LogP contribution in [0.3, 0.4) is 0 Å². The summed E-state index contributed by atoms with van der Waals surface area (Å²) in [6, 6.07) is 20.3. The predicted molar refractivity (Wildman–Crippen MR) is 200 cm³/mol. The highest BCUT2D eigenvalue weighted by atomic mass is 16.6. The van der Waals surface area contributed by atoms with Gasteiger partial charge in [-0.3, -0.25) is 18.8 Å². The number of nitrogens with one attached hydrogen (secondary N) is 1. The van der Waals surface area contributed by atoms with Crippen LogP contribution in [-0.2, 0) is 11.8 Å². The summed E-state index contributed by atoms with van der Waals surface area (Å²) in [5.41, 5.74) is 12.2. The normalized spacial score (nSPS) is 13.8. The lowest BCUT2D eigenvalue weighted by atomic mass is 9.93. The molecule has 52 heavy (non-hydrogen) atoms. The molecular formula is C39H41N9O4. The minimum absolute atomic E-state index is 0.00286. The molecule has 6 aromatic rings. The average Bonchev–Trinajstić information content (AvgIpc) is 3.73. The number of benzene rings is 2. The number of amides is 2. The van der Waals surface area contributed by atoms with E-state index in [0.717, 1.165) is 40.8 Å². The van der Waals surface area contributed by atoms with Crippen molar-refractivity contribution in [2.45, 2.75) is 52.1 Å². The maximum atomic E-state index is 13.9. The van der Waals surface area contributed by atoms with E-state index in [4.69, 9.17) is 10.5 Å². The van der Waals surface area contributed by atoms with E-state index in [1.807, 2.05) is 87.9 Å². The van der Waals surface area contributed by atoms with Gasteiger partial charge in [0.1, 0.15) is 23.0 Å². The molecule has 0 saturated carbocycles. The molecule has 4 aromatic heterocycles. The van der Waals surface area contributed by atoms with Crippen molar-refractivity contribution in [2.24, 2.45) is 7.05 Å². The second-order valence-electron chi connectivity index (χ2n) is 14.1. The third kappa shape index (κ3) is 6.64. The number of nitrogens with zero attached hydrogens (tertiary/aromatic N) is 7. The zero-order valence-electron chi connectivity index (χ0n) is 29.8. The number of anilines is 2. The summed E-state index contributed by atoms with van der Waals surface area (Å²) in [6.07, 6.45) is 6.19. The number of likely N-dealkylation sites (tertiary alicyclic amines) is 1. The predicted octanol–water partition coefficient (Wildman–Crippen LogP) is 6.21. The molecule has 0 bridgehead atoms. The first-order valence-electron chi connectivity index (χ1n) is 17.2. The van der Waals surface area contributed by atoms with Crippen LogP contribution in [0.4, 0.5) is 16.3 Å². The van der Waals surface area contributed by atoms with Crippen molar-refractivity contribution in [1.82, 2.24) is 33.8 Å². The van der Waals surface area contributed by atoms with Gasteiger partial charge in [-0.1, -0.05) is 30.3 Å². The highest BCUT2D eigenvalue weighted by molar-refractivity contribution is 6.05. The van der Waals surface area contributed by atoms with Crippen molar-refractivity contribution in [3.63, 3.8) is 0 Å². The number of rotatable bonds is 6. The Hall–Kier alpha value is -6.24. The van der Waals surface area contributed by atoms with Gasteiger partial charge >= 0.3 is 6.09 Å². The minimum Gasteiger partial charge on any atom is -0.444 e. The Labute approximate surface area is 300 Å². The molecule has 13 heteroatoms. The van der Waals surface area contributed by atoms with Crippen molar-refractivity contribution in [1.29, 1.82) is 0 Å². The van der Waals surface area contributed by atoms with Crippen molar-refractivity contribution in [3.8, 4) is 27.9 Å². The Bertz CT molecular complexity index is 2340. The number of pyridine rings is 1. The molecule has 13 nitrogen and oxygen atoms in total.